The van der Waals surface area contributed by atoms with Gasteiger partial charge in [0, 0.05) is 51.3 Å². The molecule has 0 bridgehead atoms. The molecule has 1 N–H and O–H groups in total. The van der Waals surface area contributed by atoms with E-state index in [1.807, 2.05) is 11.0 Å². The Bertz CT molecular complexity index is 1270. The molecule has 2 aromatic carbocycles. The van der Waals surface area contributed by atoms with E-state index in [0.717, 1.165) is 0 Å². The van der Waals surface area contributed by atoms with Crippen LogP contribution < -0.4 is 10.2 Å². The Kier molecular flexibility index (Phi) is 5.94. The van der Waals surface area contributed by atoms with Gasteiger partial charge in [0.2, 0.25) is 11.8 Å². The summed E-state index contributed by atoms with van der Waals surface area (Å²) < 4.78 is 28.8. The summed E-state index contributed by atoms with van der Waals surface area (Å²) in [6, 6.07) is 8.41. The molecule has 0 aliphatic carbocycles. The molecule has 180 valence electrons. The van der Waals surface area contributed by atoms with Crippen LogP contribution in [0.1, 0.15) is 39.9 Å². The number of amides is 3. The summed E-state index contributed by atoms with van der Waals surface area (Å²) in [4.78, 5) is 42.0. The number of anilines is 1. The number of nitrogens with one attached hydrogen (secondary N) is 1. The molecule has 3 heterocycles. The van der Waals surface area contributed by atoms with Gasteiger partial charge in [-0.25, -0.2) is 8.78 Å². The molecule has 1 atom stereocenters. The first-order valence-electron chi connectivity index (χ1n) is 11.5. The molecule has 3 amide bonds. The predicted molar refractivity (Wildman–Crippen MR) is 121 cm³/mol. The van der Waals surface area contributed by atoms with E-state index in [0.29, 0.717) is 49.5 Å². The Morgan fingerprint density at radius 1 is 1.03 bits per heavy atom. The van der Waals surface area contributed by atoms with Crippen molar-refractivity contribution in [1.82, 2.24) is 15.1 Å². The van der Waals surface area contributed by atoms with Crippen molar-refractivity contribution in [3.05, 3.63) is 64.2 Å². The summed E-state index contributed by atoms with van der Waals surface area (Å²) >= 11 is 0. The van der Waals surface area contributed by atoms with Crippen LogP contribution in [-0.2, 0) is 22.7 Å². The molecule has 3 aliphatic heterocycles. The molecule has 0 spiro atoms. The number of piperidine rings is 1. The van der Waals surface area contributed by atoms with Gasteiger partial charge in [0.05, 0.1) is 17.3 Å². The molecule has 0 saturated carbocycles. The van der Waals surface area contributed by atoms with E-state index in [1.165, 1.54) is 23.1 Å². The van der Waals surface area contributed by atoms with Crippen LogP contribution in [-0.4, -0.2) is 59.7 Å². The van der Waals surface area contributed by atoms with Crippen LogP contribution in [0, 0.1) is 23.0 Å². The molecule has 5 rings (SSSR count). The van der Waals surface area contributed by atoms with Gasteiger partial charge in [0.15, 0.2) is 0 Å². The summed E-state index contributed by atoms with van der Waals surface area (Å²) in [5.74, 6) is -2.21. The van der Waals surface area contributed by atoms with Crippen LogP contribution in [0.4, 0.5) is 14.5 Å². The second kappa shape index (κ2) is 9.07. The van der Waals surface area contributed by atoms with Crippen molar-refractivity contribution in [2.24, 2.45) is 0 Å². The number of piperazine rings is 1. The van der Waals surface area contributed by atoms with Gasteiger partial charge in [-0.3, -0.25) is 24.6 Å². The smallest absolute Gasteiger partial charge is 0.255 e. The van der Waals surface area contributed by atoms with E-state index in [9.17, 15) is 18.8 Å². The highest BCUT2D eigenvalue weighted by molar-refractivity contribution is 6.05. The van der Waals surface area contributed by atoms with Crippen molar-refractivity contribution in [2.75, 3.05) is 31.1 Å². The largest absolute Gasteiger partial charge is 0.367 e. The van der Waals surface area contributed by atoms with Crippen LogP contribution in [0.25, 0.3) is 0 Å². The molecule has 10 heteroatoms. The summed E-state index contributed by atoms with van der Waals surface area (Å²) in [7, 11) is 0. The minimum Gasteiger partial charge on any atom is -0.367 e. The van der Waals surface area contributed by atoms with Crippen molar-refractivity contribution in [3.8, 4) is 6.07 Å². The number of nitrogens with zero attached hydrogens (tertiary/aromatic N) is 4. The predicted octanol–water partition coefficient (Wildman–Crippen LogP) is 1.92. The van der Waals surface area contributed by atoms with Crippen molar-refractivity contribution in [1.29, 1.82) is 5.26 Å². The minimum absolute atomic E-state index is 0.161. The summed E-state index contributed by atoms with van der Waals surface area (Å²) in [6.07, 6.45) is 0.413. The number of fused-ring (bicyclic) bond motifs is 1. The third kappa shape index (κ3) is 4.47. The van der Waals surface area contributed by atoms with Crippen molar-refractivity contribution in [2.45, 2.75) is 32.0 Å². The molecule has 2 fully saturated rings. The molecular weight excluding hydrogens is 456 g/mol. The van der Waals surface area contributed by atoms with E-state index < -0.39 is 29.5 Å². The molecule has 8 nitrogen and oxygen atoms in total. The van der Waals surface area contributed by atoms with E-state index in [1.54, 1.807) is 12.1 Å². The van der Waals surface area contributed by atoms with Gasteiger partial charge < -0.3 is 9.80 Å². The molecular formula is C25H23F2N5O3. The number of carbonyl (C=O) groups is 3. The third-order valence-electron chi connectivity index (χ3n) is 6.80. The monoisotopic (exact) mass is 479 g/mol. The second-order valence-electron chi connectivity index (χ2n) is 9.08. The second-order valence-corrected chi connectivity index (χ2v) is 9.08. The van der Waals surface area contributed by atoms with Crippen molar-refractivity contribution < 1.29 is 23.2 Å². The Morgan fingerprint density at radius 3 is 2.51 bits per heavy atom. The summed E-state index contributed by atoms with van der Waals surface area (Å²) in [6.45, 7) is 3.01. The summed E-state index contributed by atoms with van der Waals surface area (Å²) in [5.41, 5.74) is 2.29. The topological polar surface area (TPSA) is 96.8 Å². The first kappa shape index (κ1) is 22.9. The normalized spacial score (nSPS) is 20.6. The fraction of sp³-hybridized carbons (Fsp3) is 0.360. The van der Waals surface area contributed by atoms with Gasteiger partial charge in [0.25, 0.3) is 5.91 Å². The zero-order valence-electron chi connectivity index (χ0n) is 18.9. The lowest BCUT2D eigenvalue weighted by Crippen LogP contribution is -2.52. The maximum absolute atomic E-state index is 15.0. The van der Waals surface area contributed by atoms with Crippen LogP contribution in [0.3, 0.4) is 0 Å². The highest BCUT2D eigenvalue weighted by atomic mass is 19.1. The van der Waals surface area contributed by atoms with Crippen LogP contribution in [0.5, 0.6) is 0 Å². The Hall–Kier alpha value is -3.84. The highest BCUT2D eigenvalue weighted by Gasteiger charge is 2.40. The number of carbonyl (C=O) groups excluding carboxylic acids is 3. The SMILES string of the molecule is N#Cc1cc(F)cc(CN2CCN(c3cc4c(cc3F)C(=O)N(C3CCC(=O)NC3=O)C4)CC2)c1. The number of hydrogen-bond donors (Lipinski definition) is 1. The Morgan fingerprint density at radius 2 is 1.80 bits per heavy atom. The highest BCUT2D eigenvalue weighted by Crippen LogP contribution is 2.33. The summed E-state index contributed by atoms with van der Waals surface area (Å²) in [5, 5.41) is 11.3. The molecule has 35 heavy (non-hydrogen) atoms. The number of hydrogen-bond acceptors (Lipinski definition) is 6. The van der Waals surface area contributed by atoms with E-state index in [2.05, 4.69) is 10.2 Å². The van der Waals surface area contributed by atoms with Crippen LogP contribution in [0.2, 0.25) is 0 Å². The average molecular weight is 479 g/mol. The Balaban J connectivity index is 1.26. The van der Waals surface area contributed by atoms with Gasteiger partial charge in [-0.15, -0.1) is 0 Å². The zero-order valence-corrected chi connectivity index (χ0v) is 18.9. The lowest BCUT2D eigenvalue weighted by atomic mass is 10.0. The molecule has 0 aromatic heterocycles. The maximum atomic E-state index is 15.0. The van der Waals surface area contributed by atoms with Gasteiger partial charge in [-0.2, -0.15) is 5.26 Å². The average Bonchev–Trinajstić information content (AvgIpc) is 3.14. The maximum Gasteiger partial charge on any atom is 0.255 e. The molecule has 3 aliphatic rings. The van der Waals surface area contributed by atoms with E-state index in [-0.39, 0.29) is 36.4 Å². The van der Waals surface area contributed by atoms with Gasteiger partial charge >= 0.3 is 0 Å². The molecule has 1 unspecified atom stereocenters. The number of halogens is 2. The molecule has 2 saturated heterocycles. The fourth-order valence-corrected chi connectivity index (χ4v) is 5.03. The van der Waals surface area contributed by atoms with Crippen LogP contribution in [0.15, 0.2) is 30.3 Å². The standard InChI is InChI=1S/C25H23F2N5O3/c26-18-8-15(12-28)7-16(9-18)13-30-3-5-31(6-4-30)22-10-17-14-32(25(35)19(17)11-20(22)27)21-1-2-23(33)29-24(21)34/h7-11,21H,1-6,13-14H2,(H,29,33,34). The van der Waals surface area contributed by atoms with E-state index in [4.69, 9.17) is 5.26 Å². The number of nitriles is 1. The number of rotatable bonds is 4. The minimum atomic E-state index is -0.743. The van der Waals surface area contributed by atoms with Gasteiger partial charge in [-0.05, 0) is 47.9 Å². The van der Waals surface area contributed by atoms with Gasteiger partial charge in [-0.1, -0.05) is 0 Å². The molecule has 2 aromatic rings. The first-order valence-corrected chi connectivity index (χ1v) is 11.5. The van der Waals surface area contributed by atoms with Gasteiger partial charge in [0.1, 0.15) is 17.7 Å². The number of imide groups is 1. The van der Waals surface area contributed by atoms with Crippen molar-refractivity contribution >= 4 is 23.4 Å². The lowest BCUT2D eigenvalue weighted by molar-refractivity contribution is -0.136. The van der Waals surface area contributed by atoms with Crippen LogP contribution >= 0.6 is 0 Å². The molecule has 0 radical (unpaired) electrons. The zero-order chi connectivity index (χ0) is 24.7. The van der Waals surface area contributed by atoms with E-state index >= 15 is 4.39 Å². The van der Waals surface area contributed by atoms with Crippen molar-refractivity contribution in [3.63, 3.8) is 0 Å². The number of benzene rings is 2. The quantitative estimate of drug-likeness (QED) is 0.674. The third-order valence-corrected chi connectivity index (χ3v) is 6.80. The fourth-order valence-electron chi connectivity index (χ4n) is 5.03. The first-order chi connectivity index (χ1) is 16.8. The Labute approximate surface area is 200 Å². The lowest BCUT2D eigenvalue weighted by Gasteiger charge is -2.36.